The monoisotopic (exact) mass is 844 g/mol. The molecule has 4 aliphatic heterocycles. The molecule has 65 heavy (non-hydrogen) atoms. The van der Waals surface area contributed by atoms with Gasteiger partial charge in [-0.25, -0.2) is 0 Å². The van der Waals surface area contributed by atoms with E-state index >= 15 is 0 Å². The number of fused-ring (bicyclic) bond motifs is 12. The minimum Gasteiger partial charge on any atom is -0.483 e. The van der Waals surface area contributed by atoms with Crippen LogP contribution in [0.1, 0.15) is 128 Å². The van der Waals surface area contributed by atoms with E-state index in [1.54, 1.807) is 11.1 Å². The van der Waals surface area contributed by atoms with E-state index < -0.39 is 0 Å². The first-order valence-electron chi connectivity index (χ1n) is 25.8. The highest BCUT2D eigenvalue weighted by Gasteiger charge is 2.56. The summed E-state index contributed by atoms with van der Waals surface area (Å²) in [4.78, 5) is 2.76. The molecular weight excluding hydrogens is 787 g/mol. The second kappa shape index (κ2) is 11.8. The van der Waals surface area contributed by atoms with Crippen molar-refractivity contribution in [2.75, 3.05) is 4.90 Å². The topological polar surface area (TPSA) is 17.4 Å². The molecule has 320 valence electrons. The Hall–Kier alpha value is -5.22. The van der Waals surface area contributed by atoms with Crippen LogP contribution in [0, 0.1) is 56.3 Å². The van der Waals surface area contributed by atoms with Crippen molar-refractivity contribution >= 4 is 51.0 Å². The summed E-state index contributed by atoms with van der Waals surface area (Å²) in [5, 5.41) is 3.05. The summed E-state index contributed by atoms with van der Waals surface area (Å²) < 4.78 is 9.91. The number of ether oxygens (including phenoxy) is 1. The van der Waals surface area contributed by atoms with Gasteiger partial charge in [0.15, 0.2) is 6.10 Å². The molecule has 8 aliphatic carbocycles. The molecule has 2 atom stereocenters. The Labute approximate surface area is 383 Å². The molecule has 12 aliphatic rings. The van der Waals surface area contributed by atoms with Gasteiger partial charge in [-0.3, -0.25) is 0 Å². The number of hydrogen-bond acceptors (Lipinski definition) is 2. The van der Waals surface area contributed by atoms with E-state index in [2.05, 4.69) is 127 Å². The number of para-hydroxylation sites is 2. The largest absolute Gasteiger partial charge is 0.483 e. The minimum atomic E-state index is -0.0426. The van der Waals surface area contributed by atoms with Crippen molar-refractivity contribution in [1.82, 2.24) is 4.48 Å². The fourth-order valence-electron chi connectivity index (χ4n) is 19.2. The second-order valence-electron chi connectivity index (χ2n) is 24.2. The summed E-state index contributed by atoms with van der Waals surface area (Å²) in [6.45, 7) is 7.01. The molecule has 4 heteroatoms. The SMILES string of the molecule is Cc1cc(C)c(-c2cc3c4c(c2)N2c5c(cccc5C5Oc6ccccc6C52)B4n2c4ccc(C56CC7CC(CC(C7)C5)C6)cc4c4cc(C56CC7CC(CC(C7)C5)C6)cc-3c42)c(C)c1. The Morgan fingerprint density at radius 2 is 1.22 bits per heavy atom. The molecule has 5 heterocycles. The lowest BCUT2D eigenvalue weighted by atomic mass is 9.44. The van der Waals surface area contributed by atoms with Gasteiger partial charge in [-0.15, -0.1) is 0 Å². The summed E-state index contributed by atoms with van der Waals surface area (Å²) >= 11 is 0. The van der Waals surface area contributed by atoms with E-state index in [0.29, 0.717) is 10.8 Å². The summed E-state index contributed by atoms with van der Waals surface area (Å²) in [6, 6.07) is 39.9. The molecule has 1 aromatic heterocycles. The van der Waals surface area contributed by atoms with E-state index in [0.717, 1.165) is 41.3 Å². The van der Waals surface area contributed by atoms with Crippen molar-refractivity contribution in [3.8, 4) is 28.0 Å². The zero-order chi connectivity index (χ0) is 42.4. The third kappa shape index (κ3) is 4.43. The summed E-state index contributed by atoms with van der Waals surface area (Å²) in [5.41, 5.74) is 25.0. The van der Waals surface area contributed by atoms with Gasteiger partial charge in [0.05, 0.1) is 0 Å². The highest BCUT2D eigenvalue weighted by molar-refractivity contribution is 6.90. The predicted molar refractivity (Wildman–Crippen MR) is 266 cm³/mol. The molecule has 7 aromatic rings. The molecule has 0 saturated heterocycles. The Kier molecular flexibility index (Phi) is 6.55. The van der Waals surface area contributed by atoms with Crippen molar-refractivity contribution in [2.24, 2.45) is 35.5 Å². The van der Waals surface area contributed by atoms with Crippen LogP contribution in [0.25, 0.3) is 44.1 Å². The standard InChI is InChI=1S/C61H57BN2O/c1-32-13-33(2)54(34(3)14-32)41-21-47-49-25-43(61-29-38-18-39(30-61)20-40(19-38)31-61)24-48-46-23-42(60-26-35-15-36(27-60)17-37(16-35)28-60)11-12-51(46)64(56(48)49)62-50-9-6-8-45-57(50)63(52(22-41)55(47)62)58-44-7-4-5-10-53(44)65-59(45)58/h4-14,21-25,35-40,58-59H,15-20,26-31H2,1-3H3. The summed E-state index contributed by atoms with van der Waals surface area (Å²) in [7, 11) is 0. The van der Waals surface area contributed by atoms with E-state index in [9.17, 15) is 0 Å². The number of aryl methyl sites for hydroxylation is 3. The Morgan fingerprint density at radius 3 is 1.91 bits per heavy atom. The summed E-state index contributed by atoms with van der Waals surface area (Å²) in [6.07, 6.45) is 17.2. The maximum Gasteiger partial charge on any atom is 0.333 e. The van der Waals surface area contributed by atoms with E-state index in [1.165, 1.54) is 171 Å². The van der Waals surface area contributed by atoms with Crippen LogP contribution < -0.4 is 20.6 Å². The number of hydrogen-bond donors (Lipinski definition) is 0. The van der Waals surface area contributed by atoms with Gasteiger partial charge in [-0.1, -0.05) is 60.2 Å². The van der Waals surface area contributed by atoms with Gasteiger partial charge in [0, 0.05) is 49.9 Å². The molecule has 6 aromatic carbocycles. The predicted octanol–water partition coefficient (Wildman–Crippen LogP) is 13.6. The normalized spacial score (nSPS) is 32.9. The van der Waals surface area contributed by atoms with Crippen LogP contribution >= 0.6 is 0 Å². The van der Waals surface area contributed by atoms with E-state index in [1.807, 2.05) is 0 Å². The maximum absolute atomic E-state index is 7.04. The quantitative estimate of drug-likeness (QED) is 0.165. The second-order valence-corrected chi connectivity index (χ2v) is 24.2. The van der Waals surface area contributed by atoms with Crippen LogP contribution in [-0.4, -0.2) is 11.3 Å². The lowest BCUT2D eigenvalue weighted by Gasteiger charge is -2.57. The van der Waals surface area contributed by atoms with Crippen LogP contribution in [0.2, 0.25) is 0 Å². The average Bonchev–Trinajstić information content (AvgIpc) is 3.93. The number of aromatic nitrogens is 1. The van der Waals surface area contributed by atoms with Crippen LogP contribution in [0.4, 0.5) is 11.4 Å². The lowest BCUT2D eigenvalue weighted by molar-refractivity contribution is -0.00527. The third-order valence-corrected chi connectivity index (χ3v) is 20.4. The van der Waals surface area contributed by atoms with Gasteiger partial charge < -0.3 is 14.1 Å². The first kappa shape index (κ1) is 36.0. The van der Waals surface area contributed by atoms with Gasteiger partial charge >= 0.3 is 6.85 Å². The minimum absolute atomic E-state index is 0.0426. The van der Waals surface area contributed by atoms with E-state index in [-0.39, 0.29) is 19.0 Å². The zero-order valence-corrected chi connectivity index (χ0v) is 38.2. The molecule has 0 radical (unpaired) electrons. The molecule has 0 spiro atoms. The Morgan fingerprint density at radius 1 is 0.585 bits per heavy atom. The van der Waals surface area contributed by atoms with Crippen molar-refractivity contribution in [1.29, 1.82) is 0 Å². The number of nitrogens with zero attached hydrogens (tertiary/aromatic N) is 2. The molecule has 8 fully saturated rings. The van der Waals surface area contributed by atoms with Crippen molar-refractivity contribution in [3.05, 3.63) is 136 Å². The molecule has 0 N–H and O–H groups in total. The van der Waals surface area contributed by atoms with Gasteiger partial charge in [0.25, 0.3) is 0 Å². The first-order chi connectivity index (χ1) is 31.8. The summed E-state index contributed by atoms with van der Waals surface area (Å²) in [5.74, 6) is 6.52. The fourth-order valence-corrected chi connectivity index (χ4v) is 19.2. The highest BCUT2D eigenvalue weighted by Crippen LogP contribution is 2.65. The van der Waals surface area contributed by atoms with Crippen LogP contribution in [0.3, 0.4) is 0 Å². The molecule has 3 nitrogen and oxygen atoms in total. The van der Waals surface area contributed by atoms with Crippen LogP contribution in [0.5, 0.6) is 5.75 Å². The maximum atomic E-state index is 7.04. The van der Waals surface area contributed by atoms with Crippen LogP contribution in [0.15, 0.2) is 97.1 Å². The van der Waals surface area contributed by atoms with Gasteiger partial charge in [-0.2, -0.15) is 0 Å². The molecule has 19 rings (SSSR count). The average molecular weight is 845 g/mol. The Balaban J connectivity index is 0.991. The highest BCUT2D eigenvalue weighted by atomic mass is 16.5. The van der Waals surface area contributed by atoms with Crippen molar-refractivity contribution in [3.63, 3.8) is 0 Å². The Bertz CT molecular complexity index is 3260. The number of benzene rings is 6. The van der Waals surface area contributed by atoms with Crippen molar-refractivity contribution in [2.45, 2.75) is 121 Å². The number of rotatable bonds is 3. The van der Waals surface area contributed by atoms with Crippen molar-refractivity contribution < 1.29 is 4.74 Å². The molecule has 0 amide bonds. The number of anilines is 2. The first-order valence-corrected chi connectivity index (χ1v) is 25.8. The molecule has 8 bridgehead atoms. The third-order valence-electron chi connectivity index (χ3n) is 20.4. The smallest absolute Gasteiger partial charge is 0.333 e. The lowest BCUT2D eigenvalue weighted by Crippen LogP contribution is -2.57. The van der Waals surface area contributed by atoms with Gasteiger partial charge in [0.2, 0.25) is 0 Å². The fraction of sp³-hybridized carbons (Fsp3) is 0.410. The molecule has 8 saturated carbocycles. The molecule has 2 unspecified atom stereocenters. The van der Waals surface area contributed by atoms with Gasteiger partial charge in [-0.05, 0) is 236 Å². The van der Waals surface area contributed by atoms with Crippen LogP contribution in [-0.2, 0) is 10.8 Å². The zero-order valence-electron chi connectivity index (χ0n) is 38.2. The van der Waals surface area contributed by atoms with Gasteiger partial charge in [0.1, 0.15) is 11.8 Å². The van der Waals surface area contributed by atoms with E-state index in [4.69, 9.17) is 4.74 Å². The molecular formula is C61H57BN2O.